The predicted molar refractivity (Wildman–Crippen MR) is 88.4 cm³/mol. The molecule has 0 aromatic heterocycles. The number of nitrogens with two attached hydrogens (primary N) is 1. The molecule has 0 bridgehead atoms. The van der Waals surface area contributed by atoms with Crippen LogP contribution in [0, 0.1) is 11.3 Å². The molecule has 4 heteroatoms. The molecule has 2 aromatic rings. The molecular weight excluding hydrogens is 282 g/mol. The summed E-state index contributed by atoms with van der Waals surface area (Å²) in [6.45, 7) is 3.61. The quantitative estimate of drug-likeness (QED) is 0.841. The van der Waals surface area contributed by atoms with Crippen LogP contribution in [-0.2, 0) is 6.54 Å². The fourth-order valence-electron chi connectivity index (χ4n) is 2.33. The molecule has 0 radical (unpaired) electrons. The number of nitrogens with zero attached hydrogens (tertiary/aromatic N) is 2. The molecule has 0 saturated carbocycles. The SMILES string of the molecule is CCCN(Cc1ccccc1N)c1cccc(Cl)c1C#N. The second-order valence-electron chi connectivity index (χ2n) is 4.87. The van der Waals surface area contributed by atoms with Crippen LogP contribution in [0.2, 0.25) is 5.02 Å². The van der Waals surface area contributed by atoms with Gasteiger partial charge in [-0.3, -0.25) is 0 Å². The fourth-order valence-corrected chi connectivity index (χ4v) is 2.54. The van der Waals surface area contributed by atoms with Crippen molar-refractivity contribution in [1.82, 2.24) is 0 Å². The Balaban J connectivity index is 2.39. The summed E-state index contributed by atoms with van der Waals surface area (Å²) < 4.78 is 0. The Bertz CT molecular complexity index is 661. The molecule has 0 atom stereocenters. The van der Waals surface area contributed by atoms with E-state index in [9.17, 15) is 5.26 Å². The van der Waals surface area contributed by atoms with E-state index in [-0.39, 0.29) is 0 Å². The van der Waals surface area contributed by atoms with Crippen LogP contribution in [0.3, 0.4) is 0 Å². The Hall–Kier alpha value is -2.18. The standard InChI is InChI=1S/C17H18ClN3/c1-2-10-21(12-13-6-3-4-8-16(13)20)17-9-5-7-15(18)14(17)11-19/h3-9H,2,10,12,20H2,1H3. The molecule has 2 N–H and O–H groups in total. The summed E-state index contributed by atoms with van der Waals surface area (Å²) in [4.78, 5) is 2.15. The zero-order chi connectivity index (χ0) is 15.2. The van der Waals surface area contributed by atoms with Crippen molar-refractivity contribution in [2.24, 2.45) is 0 Å². The van der Waals surface area contributed by atoms with Gasteiger partial charge in [-0.25, -0.2) is 0 Å². The van der Waals surface area contributed by atoms with Gasteiger partial charge >= 0.3 is 0 Å². The van der Waals surface area contributed by atoms with E-state index in [2.05, 4.69) is 17.9 Å². The van der Waals surface area contributed by atoms with Crippen molar-refractivity contribution in [3.05, 3.63) is 58.6 Å². The summed E-state index contributed by atoms with van der Waals surface area (Å²) in [5.41, 5.74) is 9.21. The summed E-state index contributed by atoms with van der Waals surface area (Å²) in [5, 5.41) is 9.83. The van der Waals surface area contributed by atoms with E-state index in [4.69, 9.17) is 17.3 Å². The van der Waals surface area contributed by atoms with Crippen LogP contribution in [-0.4, -0.2) is 6.54 Å². The number of benzene rings is 2. The van der Waals surface area contributed by atoms with E-state index >= 15 is 0 Å². The van der Waals surface area contributed by atoms with Crippen molar-refractivity contribution in [3.8, 4) is 6.07 Å². The predicted octanol–water partition coefficient (Wildman–Crippen LogP) is 4.21. The van der Waals surface area contributed by atoms with Gasteiger partial charge in [0.2, 0.25) is 0 Å². The molecule has 2 rings (SSSR count). The summed E-state index contributed by atoms with van der Waals surface area (Å²) >= 11 is 6.13. The maximum atomic E-state index is 9.35. The zero-order valence-corrected chi connectivity index (χ0v) is 12.8. The van der Waals surface area contributed by atoms with Gasteiger partial charge in [-0.15, -0.1) is 0 Å². The highest BCUT2D eigenvalue weighted by atomic mass is 35.5. The molecule has 0 spiro atoms. The third kappa shape index (κ3) is 3.48. The minimum atomic E-state index is 0.483. The highest BCUT2D eigenvalue weighted by molar-refractivity contribution is 6.32. The highest BCUT2D eigenvalue weighted by Crippen LogP contribution is 2.28. The average molecular weight is 300 g/mol. The molecule has 0 aliphatic carbocycles. The molecule has 0 aliphatic rings. The molecule has 0 fully saturated rings. The molecule has 3 nitrogen and oxygen atoms in total. The molecule has 21 heavy (non-hydrogen) atoms. The molecule has 0 amide bonds. The zero-order valence-electron chi connectivity index (χ0n) is 12.0. The molecule has 0 heterocycles. The first-order valence-electron chi connectivity index (χ1n) is 6.94. The van der Waals surface area contributed by atoms with Crippen LogP contribution in [0.5, 0.6) is 0 Å². The molecule has 0 saturated heterocycles. The lowest BCUT2D eigenvalue weighted by Crippen LogP contribution is -2.25. The summed E-state index contributed by atoms with van der Waals surface area (Å²) in [6, 6.07) is 15.5. The van der Waals surface area contributed by atoms with Crippen molar-refractivity contribution in [2.45, 2.75) is 19.9 Å². The first kappa shape index (κ1) is 15.2. The van der Waals surface area contributed by atoms with Gasteiger partial charge in [0, 0.05) is 18.8 Å². The van der Waals surface area contributed by atoms with E-state index < -0.39 is 0 Å². The molecule has 0 aliphatic heterocycles. The number of anilines is 2. The van der Waals surface area contributed by atoms with E-state index in [1.54, 1.807) is 6.07 Å². The maximum Gasteiger partial charge on any atom is 0.103 e. The number of rotatable bonds is 5. The minimum Gasteiger partial charge on any atom is -0.398 e. The Morgan fingerprint density at radius 1 is 1.19 bits per heavy atom. The Labute approximate surface area is 130 Å². The summed E-state index contributed by atoms with van der Waals surface area (Å²) in [5.74, 6) is 0. The first-order valence-corrected chi connectivity index (χ1v) is 7.32. The fraction of sp³-hybridized carbons (Fsp3) is 0.235. The average Bonchev–Trinajstić information content (AvgIpc) is 2.48. The van der Waals surface area contributed by atoms with Crippen LogP contribution >= 0.6 is 11.6 Å². The third-order valence-electron chi connectivity index (χ3n) is 3.35. The number of nitriles is 1. The van der Waals surface area contributed by atoms with Crippen LogP contribution in [0.1, 0.15) is 24.5 Å². The van der Waals surface area contributed by atoms with Crippen LogP contribution in [0.25, 0.3) is 0 Å². The number of nitrogen functional groups attached to an aromatic ring is 1. The number of para-hydroxylation sites is 1. The van der Waals surface area contributed by atoms with Crippen molar-refractivity contribution >= 4 is 23.0 Å². The molecular formula is C17H18ClN3. The maximum absolute atomic E-state index is 9.35. The van der Waals surface area contributed by atoms with Crippen LogP contribution in [0.4, 0.5) is 11.4 Å². The van der Waals surface area contributed by atoms with E-state index in [0.717, 1.165) is 29.9 Å². The molecule has 108 valence electrons. The largest absolute Gasteiger partial charge is 0.398 e. The van der Waals surface area contributed by atoms with Gasteiger partial charge in [-0.05, 0) is 30.2 Å². The van der Waals surface area contributed by atoms with Gasteiger partial charge in [0.1, 0.15) is 6.07 Å². The monoisotopic (exact) mass is 299 g/mol. The van der Waals surface area contributed by atoms with Crippen molar-refractivity contribution < 1.29 is 0 Å². The molecule has 2 aromatic carbocycles. The van der Waals surface area contributed by atoms with Gasteiger partial charge in [-0.2, -0.15) is 5.26 Å². The van der Waals surface area contributed by atoms with E-state index in [0.29, 0.717) is 17.1 Å². The van der Waals surface area contributed by atoms with E-state index in [1.165, 1.54) is 0 Å². The minimum absolute atomic E-state index is 0.483. The second-order valence-corrected chi connectivity index (χ2v) is 5.27. The van der Waals surface area contributed by atoms with Gasteiger partial charge in [0.25, 0.3) is 0 Å². The lowest BCUT2D eigenvalue weighted by atomic mass is 10.1. The van der Waals surface area contributed by atoms with Crippen molar-refractivity contribution in [1.29, 1.82) is 5.26 Å². The van der Waals surface area contributed by atoms with Crippen LogP contribution in [0.15, 0.2) is 42.5 Å². The first-order chi connectivity index (χ1) is 10.2. The normalized spacial score (nSPS) is 10.1. The Kier molecular flexibility index (Phi) is 5.08. The van der Waals surface area contributed by atoms with Crippen LogP contribution < -0.4 is 10.6 Å². The highest BCUT2D eigenvalue weighted by Gasteiger charge is 2.14. The lowest BCUT2D eigenvalue weighted by molar-refractivity contribution is 0.767. The van der Waals surface area contributed by atoms with Crippen molar-refractivity contribution in [2.75, 3.05) is 17.2 Å². The number of halogens is 1. The third-order valence-corrected chi connectivity index (χ3v) is 3.67. The molecule has 0 unspecified atom stereocenters. The number of hydrogen-bond donors (Lipinski definition) is 1. The second kappa shape index (κ2) is 7.01. The Morgan fingerprint density at radius 2 is 1.95 bits per heavy atom. The Morgan fingerprint density at radius 3 is 2.62 bits per heavy atom. The van der Waals surface area contributed by atoms with Gasteiger partial charge in [-0.1, -0.05) is 42.8 Å². The lowest BCUT2D eigenvalue weighted by Gasteiger charge is -2.26. The van der Waals surface area contributed by atoms with Gasteiger partial charge in [0.05, 0.1) is 16.3 Å². The van der Waals surface area contributed by atoms with Gasteiger partial charge < -0.3 is 10.6 Å². The van der Waals surface area contributed by atoms with Gasteiger partial charge in [0.15, 0.2) is 0 Å². The number of hydrogen-bond acceptors (Lipinski definition) is 3. The smallest absolute Gasteiger partial charge is 0.103 e. The summed E-state index contributed by atoms with van der Waals surface area (Å²) in [6.07, 6.45) is 0.976. The van der Waals surface area contributed by atoms with Crippen molar-refractivity contribution in [3.63, 3.8) is 0 Å². The van der Waals surface area contributed by atoms with E-state index in [1.807, 2.05) is 36.4 Å². The summed E-state index contributed by atoms with van der Waals surface area (Å²) in [7, 11) is 0. The topological polar surface area (TPSA) is 53.0 Å².